The largest absolute Gasteiger partial charge is 0.376 e. The predicted octanol–water partition coefficient (Wildman–Crippen LogP) is 2.06. The smallest absolute Gasteiger partial charge is 0.251 e. The van der Waals surface area contributed by atoms with Gasteiger partial charge in [0.25, 0.3) is 5.91 Å². The Balaban J connectivity index is 1.49. The quantitative estimate of drug-likeness (QED) is 0.818. The number of hydrogen-bond acceptors (Lipinski definition) is 6. The number of carbonyl (C=O) groups is 1. The first-order valence-corrected chi connectivity index (χ1v) is 8.95. The van der Waals surface area contributed by atoms with Crippen LogP contribution < -0.4 is 0 Å². The molecule has 2 aliphatic rings. The molecule has 2 saturated heterocycles. The molecule has 24 heavy (non-hydrogen) atoms. The van der Waals surface area contributed by atoms with Gasteiger partial charge in [-0.1, -0.05) is 5.16 Å². The molecule has 134 valence electrons. The molecule has 2 fully saturated rings. The minimum Gasteiger partial charge on any atom is -0.376 e. The molecule has 3 rings (SSSR count). The average Bonchev–Trinajstić information content (AvgIpc) is 3.06. The van der Waals surface area contributed by atoms with Gasteiger partial charge in [-0.05, 0) is 39.0 Å². The Kier molecular flexibility index (Phi) is 5.84. The summed E-state index contributed by atoms with van der Waals surface area (Å²) in [7, 11) is 0. The molecule has 7 nitrogen and oxygen atoms in total. The van der Waals surface area contributed by atoms with Crippen molar-refractivity contribution in [1.82, 2.24) is 15.0 Å². The summed E-state index contributed by atoms with van der Waals surface area (Å²) in [6, 6.07) is 0. The molecule has 0 spiro atoms. The van der Waals surface area contributed by atoms with Crippen molar-refractivity contribution in [2.75, 3.05) is 26.3 Å². The lowest BCUT2D eigenvalue weighted by Gasteiger charge is -2.33. The number of hydrogen-bond donors (Lipinski definition) is 0. The maximum Gasteiger partial charge on any atom is 0.251 e. The van der Waals surface area contributed by atoms with Crippen LogP contribution in [0.5, 0.6) is 0 Å². The summed E-state index contributed by atoms with van der Waals surface area (Å²) in [5, 5.41) is 4.00. The summed E-state index contributed by atoms with van der Waals surface area (Å²) in [6.07, 6.45) is 4.93. The molecular formula is C17H27N3O4. The number of carbonyl (C=O) groups excluding carboxylic acids is 1. The Bertz CT molecular complexity index is 542. The molecule has 7 heteroatoms. The molecule has 0 N–H and O–H groups in total. The summed E-state index contributed by atoms with van der Waals surface area (Å²) < 4.78 is 16.5. The fourth-order valence-corrected chi connectivity index (χ4v) is 3.39. The maximum atomic E-state index is 12.6. The zero-order valence-electron chi connectivity index (χ0n) is 14.6. The van der Waals surface area contributed by atoms with Crippen LogP contribution in [0.3, 0.4) is 0 Å². The lowest BCUT2D eigenvalue weighted by Crippen LogP contribution is -2.45. The zero-order valence-corrected chi connectivity index (χ0v) is 14.6. The Hall–Kier alpha value is -1.47. The zero-order chi connectivity index (χ0) is 16.9. The Morgan fingerprint density at radius 3 is 2.96 bits per heavy atom. The number of aromatic nitrogens is 2. The highest BCUT2D eigenvalue weighted by Gasteiger charge is 2.30. The fraction of sp³-hybridized carbons (Fsp3) is 0.824. The van der Waals surface area contributed by atoms with Gasteiger partial charge in [-0.2, -0.15) is 4.98 Å². The Morgan fingerprint density at radius 2 is 2.25 bits per heavy atom. The van der Waals surface area contributed by atoms with Crippen LogP contribution in [-0.2, 0) is 14.3 Å². The van der Waals surface area contributed by atoms with E-state index in [1.165, 1.54) is 6.42 Å². The second-order valence-corrected chi connectivity index (χ2v) is 6.76. The molecule has 0 saturated carbocycles. The van der Waals surface area contributed by atoms with Crippen LogP contribution in [0.2, 0.25) is 0 Å². The SMILES string of the molecule is Cc1nc([C@@H]2CCCN(C(=O)[C@@H](C)OC[C@H]3CCCCO3)C2)no1. The number of likely N-dealkylation sites (tertiary alicyclic amines) is 1. The van der Waals surface area contributed by atoms with Crippen LogP contribution in [0, 0.1) is 6.92 Å². The van der Waals surface area contributed by atoms with Gasteiger partial charge in [0.15, 0.2) is 5.82 Å². The number of piperidine rings is 1. The maximum absolute atomic E-state index is 12.6. The number of rotatable bonds is 5. The second-order valence-electron chi connectivity index (χ2n) is 6.76. The van der Waals surface area contributed by atoms with Gasteiger partial charge in [0.1, 0.15) is 6.10 Å². The van der Waals surface area contributed by atoms with Gasteiger partial charge in [0.05, 0.1) is 12.7 Å². The number of ether oxygens (including phenoxy) is 2. The van der Waals surface area contributed by atoms with Crippen LogP contribution in [0.1, 0.15) is 56.7 Å². The fourth-order valence-electron chi connectivity index (χ4n) is 3.39. The highest BCUT2D eigenvalue weighted by molar-refractivity contribution is 5.80. The van der Waals surface area contributed by atoms with Gasteiger partial charge in [0.2, 0.25) is 5.89 Å². The van der Waals surface area contributed by atoms with E-state index in [9.17, 15) is 4.79 Å². The van der Waals surface area contributed by atoms with Gasteiger partial charge in [-0.15, -0.1) is 0 Å². The molecule has 0 radical (unpaired) electrons. The van der Waals surface area contributed by atoms with Crippen molar-refractivity contribution in [3.05, 3.63) is 11.7 Å². The molecule has 0 aliphatic carbocycles. The van der Waals surface area contributed by atoms with Gasteiger partial charge in [-0.3, -0.25) is 4.79 Å². The van der Waals surface area contributed by atoms with Gasteiger partial charge < -0.3 is 18.9 Å². The molecule has 0 bridgehead atoms. The molecule has 1 amide bonds. The Morgan fingerprint density at radius 1 is 1.38 bits per heavy atom. The summed E-state index contributed by atoms with van der Waals surface area (Å²) >= 11 is 0. The molecular weight excluding hydrogens is 310 g/mol. The van der Waals surface area contributed by atoms with Crippen LogP contribution in [0.25, 0.3) is 0 Å². The van der Waals surface area contributed by atoms with Gasteiger partial charge in [-0.25, -0.2) is 0 Å². The van der Waals surface area contributed by atoms with E-state index in [1.807, 2.05) is 11.8 Å². The van der Waals surface area contributed by atoms with E-state index >= 15 is 0 Å². The minimum absolute atomic E-state index is 0.0377. The average molecular weight is 337 g/mol. The van der Waals surface area contributed by atoms with Crippen molar-refractivity contribution in [3.8, 4) is 0 Å². The van der Waals surface area contributed by atoms with E-state index in [4.69, 9.17) is 14.0 Å². The van der Waals surface area contributed by atoms with E-state index < -0.39 is 6.10 Å². The summed E-state index contributed by atoms with van der Waals surface area (Å²) in [5.41, 5.74) is 0. The van der Waals surface area contributed by atoms with Crippen molar-refractivity contribution >= 4 is 5.91 Å². The normalized spacial score (nSPS) is 26.3. The third-order valence-electron chi connectivity index (χ3n) is 4.80. The minimum atomic E-state index is -0.443. The first-order valence-electron chi connectivity index (χ1n) is 8.95. The molecule has 2 aliphatic heterocycles. The highest BCUT2D eigenvalue weighted by atomic mass is 16.5. The van der Waals surface area contributed by atoms with E-state index in [1.54, 1.807) is 6.92 Å². The molecule has 0 unspecified atom stereocenters. The van der Waals surface area contributed by atoms with Gasteiger partial charge in [0, 0.05) is 32.5 Å². The standard InChI is InChI=1S/C17H27N3O4/c1-12(23-11-15-7-3-4-9-22-15)17(21)20-8-5-6-14(10-20)16-18-13(2)24-19-16/h12,14-15H,3-11H2,1-2H3/t12-,14-,15-/m1/s1. The van der Waals surface area contributed by atoms with Crippen molar-refractivity contribution in [2.45, 2.75) is 64.1 Å². The van der Waals surface area contributed by atoms with Crippen molar-refractivity contribution in [3.63, 3.8) is 0 Å². The molecule has 1 aromatic rings. The van der Waals surface area contributed by atoms with E-state index in [0.29, 0.717) is 24.9 Å². The highest BCUT2D eigenvalue weighted by Crippen LogP contribution is 2.25. The number of aryl methyl sites for hydroxylation is 1. The monoisotopic (exact) mass is 337 g/mol. The molecule has 0 aromatic carbocycles. The van der Waals surface area contributed by atoms with Crippen molar-refractivity contribution < 1.29 is 18.8 Å². The van der Waals surface area contributed by atoms with Crippen LogP contribution >= 0.6 is 0 Å². The van der Waals surface area contributed by atoms with Gasteiger partial charge >= 0.3 is 0 Å². The summed E-state index contributed by atoms with van der Waals surface area (Å²) in [4.78, 5) is 18.8. The molecule has 3 atom stereocenters. The molecule has 1 aromatic heterocycles. The lowest BCUT2D eigenvalue weighted by atomic mass is 9.97. The lowest BCUT2D eigenvalue weighted by molar-refractivity contribution is -0.147. The molecule has 3 heterocycles. The topological polar surface area (TPSA) is 77.7 Å². The second kappa shape index (κ2) is 8.07. The number of amides is 1. The third-order valence-corrected chi connectivity index (χ3v) is 4.80. The van der Waals surface area contributed by atoms with E-state index in [-0.39, 0.29) is 17.9 Å². The van der Waals surface area contributed by atoms with E-state index in [2.05, 4.69) is 10.1 Å². The first kappa shape index (κ1) is 17.4. The summed E-state index contributed by atoms with van der Waals surface area (Å²) in [6.45, 7) is 6.30. The first-order chi connectivity index (χ1) is 11.6. The number of nitrogens with zero attached hydrogens (tertiary/aromatic N) is 3. The van der Waals surface area contributed by atoms with Crippen LogP contribution in [0.4, 0.5) is 0 Å². The predicted molar refractivity (Wildman–Crippen MR) is 86.6 cm³/mol. The Labute approximate surface area is 142 Å². The van der Waals surface area contributed by atoms with E-state index in [0.717, 1.165) is 38.8 Å². The third kappa shape index (κ3) is 4.33. The van der Waals surface area contributed by atoms with Crippen LogP contribution in [0.15, 0.2) is 4.52 Å². The van der Waals surface area contributed by atoms with Crippen molar-refractivity contribution in [1.29, 1.82) is 0 Å². The summed E-state index contributed by atoms with van der Waals surface area (Å²) in [5.74, 6) is 1.46. The van der Waals surface area contributed by atoms with Crippen molar-refractivity contribution in [2.24, 2.45) is 0 Å². The van der Waals surface area contributed by atoms with Crippen LogP contribution in [-0.4, -0.2) is 59.5 Å².